The Balaban J connectivity index is 1.20. The number of fused-ring (bicyclic) bond motifs is 3. The van der Waals surface area contributed by atoms with Crippen molar-refractivity contribution in [2.45, 2.75) is 50.3 Å². The van der Waals surface area contributed by atoms with Crippen LogP contribution < -0.4 is 10.0 Å². The zero-order valence-corrected chi connectivity index (χ0v) is 29.1. The predicted octanol–water partition coefficient (Wildman–Crippen LogP) is 5.28. The lowest BCUT2D eigenvalue weighted by molar-refractivity contribution is -0.384. The number of nitro groups is 1. The average molecular weight is 715 g/mol. The van der Waals surface area contributed by atoms with Crippen LogP contribution in [-0.4, -0.2) is 61.5 Å². The van der Waals surface area contributed by atoms with Gasteiger partial charge in [0.25, 0.3) is 5.69 Å². The maximum atomic E-state index is 13.4. The Morgan fingerprint density at radius 2 is 1.41 bits per heavy atom. The first-order valence-electron chi connectivity index (χ1n) is 16.1. The zero-order valence-electron chi connectivity index (χ0n) is 28.3. The number of rotatable bonds is 13. The summed E-state index contributed by atoms with van der Waals surface area (Å²) in [6.45, 7) is 4.08. The van der Waals surface area contributed by atoms with Crippen LogP contribution in [0.25, 0.3) is 11.1 Å². The van der Waals surface area contributed by atoms with Crippen molar-refractivity contribution >= 4 is 33.7 Å². The fourth-order valence-corrected chi connectivity index (χ4v) is 6.71. The van der Waals surface area contributed by atoms with Crippen LogP contribution in [0, 0.1) is 10.1 Å². The maximum absolute atomic E-state index is 13.4. The van der Waals surface area contributed by atoms with Crippen molar-refractivity contribution in [2.75, 3.05) is 19.7 Å². The molecule has 4 aromatic rings. The number of carbonyl (C=O) groups excluding carboxylic acids is 3. The fraction of sp³-hybridized carbons (Fsp3) is 0.270. The summed E-state index contributed by atoms with van der Waals surface area (Å²) >= 11 is 0. The maximum Gasteiger partial charge on any atom is 0.410 e. The van der Waals surface area contributed by atoms with Gasteiger partial charge in [0.2, 0.25) is 15.9 Å². The summed E-state index contributed by atoms with van der Waals surface area (Å²) in [5, 5.41) is 13.6. The molecule has 0 unspecified atom stereocenters. The molecule has 0 atom stereocenters. The second kappa shape index (κ2) is 15.5. The van der Waals surface area contributed by atoms with E-state index in [9.17, 15) is 32.9 Å². The first-order chi connectivity index (χ1) is 24.2. The summed E-state index contributed by atoms with van der Waals surface area (Å²) < 4.78 is 39.0. The Morgan fingerprint density at radius 1 is 0.824 bits per heavy atom. The molecule has 13 nitrogen and oxygen atoms in total. The number of benzene rings is 4. The van der Waals surface area contributed by atoms with Crippen LogP contribution in [0.4, 0.5) is 10.5 Å². The summed E-state index contributed by atoms with van der Waals surface area (Å²) in [5.74, 6) is -1.48. The van der Waals surface area contributed by atoms with Crippen molar-refractivity contribution in [3.63, 3.8) is 0 Å². The third kappa shape index (κ3) is 9.55. The van der Waals surface area contributed by atoms with E-state index in [4.69, 9.17) is 9.47 Å². The first kappa shape index (κ1) is 36.7. The van der Waals surface area contributed by atoms with Gasteiger partial charge >= 0.3 is 12.1 Å². The highest BCUT2D eigenvalue weighted by Gasteiger charge is 2.31. The number of sulfonamides is 1. The van der Waals surface area contributed by atoms with E-state index in [0.717, 1.165) is 51.4 Å². The van der Waals surface area contributed by atoms with E-state index in [-0.39, 0.29) is 36.2 Å². The van der Waals surface area contributed by atoms with Gasteiger partial charge in [0.15, 0.2) is 0 Å². The molecule has 2 amide bonds. The van der Waals surface area contributed by atoms with Gasteiger partial charge in [-0.05, 0) is 66.3 Å². The number of non-ortho nitro benzene ring substituents is 1. The highest BCUT2D eigenvalue weighted by Crippen LogP contribution is 2.44. The first-order valence-corrected chi connectivity index (χ1v) is 17.6. The van der Waals surface area contributed by atoms with Gasteiger partial charge < -0.3 is 14.8 Å². The number of amides is 2. The van der Waals surface area contributed by atoms with Crippen LogP contribution in [0.3, 0.4) is 0 Å². The molecule has 0 fully saturated rings. The molecule has 14 heteroatoms. The molecule has 4 aromatic carbocycles. The Bertz CT molecular complexity index is 2000. The molecule has 2 N–H and O–H groups in total. The summed E-state index contributed by atoms with van der Waals surface area (Å²) in [5.41, 5.74) is 4.36. The highest BCUT2D eigenvalue weighted by atomic mass is 32.2. The molecule has 51 heavy (non-hydrogen) atoms. The van der Waals surface area contributed by atoms with E-state index in [0.29, 0.717) is 11.1 Å². The van der Waals surface area contributed by atoms with Gasteiger partial charge in [0, 0.05) is 31.1 Å². The zero-order chi connectivity index (χ0) is 36.8. The molecule has 0 aliphatic heterocycles. The Kier molecular flexibility index (Phi) is 11.2. The van der Waals surface area contributed by atoms with Crippen LogP contribution in [0.15, 0.2) is 102 Å². The molecule has 0 saturated carbocycles. The van der Waals surface area contributed by atoms with E-state index in [1.54, 1.807) is 45.0 Å². The number of nitrogens with zero attached hydrogens (tertiary/aromatic N) is 2. The largest absolute Gasteiger partial charge is 0.459 e. The molecule has 0 radical (unpaired) electrons. The minimum atomic E-state index is -3.95. The average Bonchev–Trinajstić information content (AvgIpc) is 3.41. The van der Waals surface area contributed by atoms with Crippen LogP contribution >= 0.6 is 0 Å². The molecule has 0 aromatic heterocycles. The molecule has 1 aliphatic rings. The lowest BCUT2D eigenvalue weighted by Crippen LogP contribution is -2.45. The van der Waals surface area contributed by atoms with Gasteiger partial charge in [-0.3, -0.25) is 24.6 Å². The van der Waals surface area contributed by atoms with E-state index in [2.05, 4.69) is 10.0 Å². The normalized spacial score (nSPS) is 12.4. The minimum absolute atomic E-state index is 0.0000382. The predicted molar refractivity (Wildman–Crippen MR) is 188 cm³/mol. The van der Waals surface area contributed by atoms with Crippen LogP contribution in [-0.2, 0) is 42.2 Å². The molecular formula is C37H38N4O9S. The molecule has 0 heterocycles. The summed E-state index contributed by atoms with van der Waals surface area (Å²) in [6.07, 6.45) is -0.847. The quantitative estimate of drug-likeness (QED) is 0.106. The van der Waals surface area contributed by atoms with Gasteiger partial charge in [0.1, 0.15) is 25.3 Å². The standard InChI is InChI=1S/C37H38N4O9S/c1-37(2,3)50-35(43)23-40(36(44)49-24-33-31-13-6-4-11-29(31)30-12-5-7-14-32(30)33)22-34(42)38-20-25-9-8-10-26(19-25)21-39-51(47,48)28-17-15-27(16-18-28)41(45)46/h4-19,33,39H,20-24H2,1-3H3,(H,38,42). The van der Waals surface area contributed by atoms with Crippen LogP contribution in [0.1, 0.15) is 48.9 Å². The van der Waals surface area contributed by atoms with Crippen molar-refractivity contribution < 1.29 is 37.2 Å². The summed E-state index contributed by atoms with van der Waals surface area (Å²) in [7, 11) is -3.95. The minimum Gasteiger partial charge on any atom is -0.459 e. The number of ether oxygens (including phenoxy) is 2. The van der Waals surface area contributed by atoms with Gasteiger partial charge in [-0.15, -0.1) is 0 Å². The number of hydrogen-bond acceptors (Lipinski definition) is 9. The number of carbonyl (C=O) groups is 3. The highest BCUT2D eigenvalue weighted by molar-refractivity contribution is 7.89. The van der Waals surface area contributed by atoms with Crippen molar-refractivity contribution in [3.05, 3.63) is 129 Å². The Hall–Kier alpha value is -5.60. The van der Waals surface area contributed by atoms with Crippen molar-refractivity contribution in [1.82, 2.24) is 14.9 Å². The second-order valence-electron chi connectivity index (χ2n) is 12.9. The molecule has 5 rings (SSSR count). The van der Waals surface area contributed by atoms with E-state index in [1.165, 1.54) is 0 Å². The van der Waals surface area contributed by atoms with E-state index in [1.807, 2.05) is 48.5 Å². The molecular weight excluding hydrogens is 676 g/mol. The lowest BCUT2D eigenvalue weighted by atomic mass is 9.98. The second-order valence-corrected chi connectivity index (χ2v) is 14.7. The van der Waals surface area contributed by atoms with Crippen LogP contribution in [0.5, 0.6) is 0 Å². The SMILES string of the molecule is CC(C)(C)OC(=O)CN(CC(=O)NCc1cccc(CNS(=O)(=O)c2ccc([N+](=O)[O-])cc2)c1)C(=O)OCC1c2ccccc2-c2ccccc21. The van der Waals surface area contributed by atoms with Crippen molar-refractivity contribution in [2.24, 2.45) is 0 Å². The van der Waals surface area contributed by atoms with E-state index < -0.39 is 51.6 Å². The third-order valence-corrected chi connectivity index (χ3v) is 9.39. The van der Waals surface area contributed by atoms with Gasteiger partial charge in [-0.1, -0.05) is 72.8 Å². The van der Waals surface area contributed by atoms with Gasteiger partial charge in [-0.2, -0.15) is 0 Å². The number of nitro benzene ring substituents is 1. The van der Waals surface area contributed by atoms with Gasteiger partial charge in [0.05, 0.1) is 9.82 Å². The molecule has 1 aliphatic carbocycles. The van der Waals surface area contributed by atoms with Crippen LogP contribution in [0.2, 0.25) is 0 Å². The molecule has 0 bridgehead atoms. The summed E-state index contributed by atoms with van der Waals surface area (Å²) in [6, 6.07) is 27.1. The summed E-state index contributed by atoms with van der Waals surface area (Å²) in [4.78, 5) is 50.4. The molecule has 0 spiro atoms. The molecule has 266 valence electrons. The number of esters is 1. The molecule has 0 saturated heterocycles. The number of nitrogens with one attached hydrogen (secondary N) is 2. The Morgan fingerprint density at radius 3 is 2.00 bits per heavy atom. The third-order valence-electron chi connectivity index (χ3n) is 7.97. The smallest absolute Gasteiger partial charge is 0.410 e. The topological polar surface area (TPSA) is 174 Å². The number of hydrogen-bond donors (Lipinski definition) is 2. The van der Waals surface area contributed by atoms with Crippen molar-refractivity contribution in [1.29, 1.82) is 0 Å². The van der Waals surface area contributed by atoms with Crippen molar-refractivity contribution in [3.8, 4) is 11.1 Å². The van der Waals surface area contributed by atoms with Gasteiger partial charge in [-0.25, -0.2) is 17.9 Å². The fourth-order valence-electron chi connectivity index (χ4n) is 5.69. The van der Waals surface area contributed by atoms with E-state index >= 15 is 0 Å². The lowest BCUT2D eigenvalue weighted by Gasteiger charge is -2.25. The monoisotopic (exact) mass is 714 g/mol. The Labute approximate surface area is 295 Å².